The van der Waals surface area contributed by atoms with Crippen LogP contribution in [0.2, 0.25) is 0 Å². The largest absolute Gasteiger partial charge is 0.366 e. The Bertz CT molecular complexity index is 984. The van der Waals surface area contributed by atoms with Gasteiger partial charge >= 0.3 is 0 Å². The lowest BCUT2D eigenvalue weighted by Gasteiger charge is -2.37. The fourth-order valence-corrected chi connectivity index (χ4v) is 4.32. The molecule has 1 saturated heterocycles. The summed E-state index contributed by atoms with van der Waals surface area (Å²) >= 11 is 0. The Labute approximate surface area is 198 Å². The number of nitrogens with zero attached hydrogens (tertiary/aromatic N) is 3. The molecule has 2 aromatic carbocycles. The molecule has 1 aliphatic heterocycles. The topological polar surface area (TPSA) is 77.0 Å². The summed E-state index contributed by atoms with van der Waals surface area (Å²) in [5.41, 5.74) is 0.257. The first-order valence-corrected chi connectivity index (χ1v) is 11.1. The van der Waals surface area contributed by atoms with Crippen LogP contribution in [0.4, 0.5) is 14.5 Å². The van der Waals surface area contributed by atoms with Crippen molar-refractivity contribution in [2.45, 2.75) is 4.90 Å². The fourth-order valence-electron chi connectivity index (χ4n) is 3.26. The minimum absolute atomic E-state index is 0. The first-order valence-electron chi connectivity index (χ1n) is 9.61. The normalized spacial score (nSPS) is 14.9. The first kappa shape index (κ1) is 25.3. The Hall–Kier alpha value is -1.99. The number of guanidine groups is 1. The Morgan fingerprint density at radius 1 is 1.03 bits per heavy atom. The average molecular weight is 565 g/mol. The predicted octanol–water partition coefficient (Wildman–Crippen LogP) is 2.26. The maximum absolute atomic E-state index is 14.0. The van der Waals surface area contributed by atoms with Crippen molar-refractivity contribution in [1.29, 1.82) is 0 Å². The molecular weight excluding hydrogens is 539 g/mol. The molecule has 0 aliphatic carbocycles. The number of nitrogens with one attached hydrogen (secondary N) is 2. The van der Waals surface area contributed by atoms with Gasteiger partial charge in [0.25, 0.3) is 0 Å². The minimum atomic E-state index is -3.55. The molecule has 7 nitrogen and oxygen atoms in total. The van der Waals surface area contributed by atoms with Gasteiger partial charge in [0.2, 0.25) is 10.0 Å². The molecule has 31 heavy (non-hydrogen) atoms. The van der Waals surface area contributed by atoms with Crippen LogP contribution in [0.1, 0.15) is 0 Å². The van der Waals surface area contributed by atoms with Crippen molar-refractivity contribution >= 4 is 45.6 Å². The van der Waals surface area contributed by atoms with E-state index in [1.165, 1.54) is 18.2 Å². The molecule has 11 heteroatoms. The summed E-state index contributed by atoms with van der Waals surface area (Å²) < 4.78 is 54.4. The molecule has 0 atom stereocenters. The van der Waals surface area contributed by atoms with E-state index in [0.29, 0.717) is 38.7 Å². The van der Waals surface area contributed by atoms with Crippen molar-refractivity contribution in [2.24, 2.45) is 4.99 Å². The van der Waals surface area contributed by atoms with Gasteiger partial charge in [-0.15, -0.1) is 24.0 Å². The van der Waals surface area contributed by atoms with Crippen LogP contribution < -0.4 is 14.9 Å². The first-order chi connectivity index (χ1) is 14.4. The number of benzene rings is 2. The summed E-state index contributed by atoms with van der Waals surface area (Å²) in [6.07, 6.45) is 0. The van der Waals surface area contributed by atoms with Gasteiger partial charge in [-0.05, 0) is 24.3 Å². The third-order valence-corrected chi connectivity index (χ3v) is 6.27. The van der Waals surface area contributed by atoms with E-state index in [9.17, 15) is 17.2 Å². The summed E-state index contributed by atoms with van der Waals surface area (Å²) in [6, 6.07) is 11.6. The molecule has 0 spiro atoms. The number of halogens is 3. The molecule has 1 fully saturated rings. The van der Waals surface area contributed by atoms with E-state index < -0.39 is 21.7 Å². The Morgan fingerprint density at radius 2 is 1.71 bits per heavy atom. The Kier molecular flexibility index (Phi) is 9.44. The lowest BCUT2D eigenvalue weighted by atomic mass is 10.2. The van der Waals surface area contributed by atoms with Crippen molar-refractivity contribution in [1.82, 2.24) is 14.9 Å². The van der Waals surface area contributed by atoms with E-state index in [1.807, 2.05) is 4.90 Å². The zero-order valence-electron chi connectivity index (χ0n) is 17.1. The molecule has 0 radical (unpaired) electrons. The molecular formula is C20H26F2IN5O2S. The molecule has 0 amide bonds. The van der Waals surface area contributed by atoms with Gasteiger partial charge in [0.05, 0.1) is 10.6 Å². The number of hydrogen-bond acceptors (Lipinski definition) is 4. The van der Waals surface area contributed by atoms with Crippen molar-refractivity contribution in [3.8, 4) is 0 Å². The second-order valence-corrected chi connectivity index (χ2v) is 8.52. The van der Waals surface area contributed by atoms with Crippen LogP contribution in [-0.4, -0.2) is 65.6 Å². The fraction of sp³-hybridized carbons (Fsp3) is 0.350. The Morgan fingerprint density at radius 3 is 2.35 bits per heavy atom. The molecule has 1 aliphatic rings. The number of anilines is 1. The van der Waals surface area contributed by atoms with Crippen LogP contribution in [0.25, 0.3) is 0 Å². The van der Waals surface area contributed by atoms with Gasteiger partial charge < -0.3 is 15.1 Å². The van der Waals surface area contributed by atoms with Crippen LogP contribution in [0.3, 0.4) is 0 Å². The molecule has 1 heterocycles. The van der Waals surface area contributed by atoms with Crippen LogP contribution >= 0.6 is 24.0 Å². The quantitative estimate of drug-likeness (QED) is 0.243. The van der Waals surface area contributed by atoms with Gasteiger partial charge in [0.1, 0.15) is 11.6 Å². The second kappa shape index (κ2) is 11.6. The van der Waals surface area contributed by atoms with Crippen LogP contribution in [-0.2, 0) is 10.0 Å². The minimum Gasteiger partial charge on any atom is -0.366 e. The SMILES string of the molecule is CN=C(NCCNS(=O)(=O)c1ccccc1)N1CCN(c2cc(F)ccc2F)CC1.I. The van der Waals surface area contributed by atoms with E-state index in [-0.39, 0.29) is 41.1 Å². The average Bonchev–Trinajstić information content (AvgIpc) is 2.76. The third-order valence-electron chi connectivity index (χ3n) is 4.79. The maximum atomic E-state index is 14.0. The van der Waals surface area contributed by atoms with E-state index in [2.05, 4.69) is 15.0 Å². The summed E-state index contributed by atoms with van der Waals surface area (Å²) in [6.45, 7) is 2.74. The molecule has 2 N–H and O–H groups in total. The number of aliphatic imine (C=N–C) groups is 1. The highest BCUT2D eigenvalue weighted by Crippen LogP contribution is 2.21. The van der Waals surface area contributed by atoms with E-state index in [1.54, 1.807) is 30.1 Å². The van der Waals surface area contributed by atoms with E-state index in [0.717, 1.165) is 12.1 Å². The zero-order valence-corrected chi connectivity index (χ0v) is 20.2. The molecule has 2 aromatic rings. The lowest BCUT2D eigenvalue weighted by molar-refractivity contribution is 0.371. The zero-order chi connectivity index (χ0) is 21.6. The molecule has 0 bridgehead atoms. The van der Waals surface area contributed by atoms with Gasteiger partial charge in [0, 0.05) is 52.4 Å². The van der Waals surface area contributed by atoms with Gasteiger partial charge in [-0.1, -0.05) is 18.2 Å². The predicted molar refractivity (Wildman–Crippen MR) is 129 cm³/mol. The molecule has 0 aromatic heterocycles. The van der Waals surface area contributed by atoms with Gasteiger partial charge in [-0.2, -0.15) is 0 Å². The highest BCUT2D eigenvalue weighted by molar-refractivity contribution is 14.0. The smallest absolute Gasteiger partial charge is 0.240 e. The van der Waals surface area contributed by atoms with Gasteiger partial charge in [-0.3, -0.25) is 4.99 Å². The van der Waals surface area contributed by atoms with Gasteiger partial charge in [0.15, 0.2) is 5.96 Å². The number of hydrogen-bond donors (Lipinski definition) is 2. The summed E-state index contributed by atoms with van der Waals surface area (Å²) in [5.74, 6) is -0.282. The standard InChI is InChI=1S/C20H25F2N5O2S.HI/c1-23-20(24-9-10-25-30(28,29)17-5-3-2-4-6-17)27-13-11-26(12-14-27)19-15-16(21)7-8-18(19)22;/h2-8,15,25H,9-14H2,1H3,(H,23,24);1H. The van der Waals surface area contributed by atoms with E-state index >= 15 is 0 Å². The summed E-state index contributed by atoms with van der Waals surface area (Å²) in [4.78, 5) is 8.25. The van der Waals surface area contributed by atoms with Crippen molar-refractivity contribution in [2.75, 3.05) is 51.2 Å². The second-order valence-electron chi connectivity index (χ2n) is 6.75. The highest BCUT2D eigenvalue weighted by atomic mass is 127. The van der Waals surface area contributed by atoms with E-state index in [4.69, 9.17) is 0 Å². The number of rotatable bonds is 6. The summed E-state index contributed by atoms with van der Waals surface area (Å²) in [5, 5.41) is 3.13. The summed E-state index contributed by atoms with van der Waals surface area (Å²) in [7, 11) is -1.90. The lowest BCUT2D eigenvalue weighted by Crippen LogP contribution is -2.53. The van der Waals surface area contributed by atoms with Gasteiger partial charge in [-0.25, -0.2) is 21.9 Å². The Balaban J connectivity index is 0.00000341. The molecule has 170 valence electrons. The monoisotopic (exact) mass is 565 g/mol. The maximum Gasteiger partial charge on any atom is 0.240 e. The van der Waals surface area contributed by atoms with Crippen molar-refractivity contribution in [3.05, 3.63) is 60.2 Å². The number of piperazine rings is 1. The van der Waals surface area contributed by atoms with Crippen LogP contribution in [0.5, 0.6) is 0 Å². The molecule has 3 rings (SSSR count). The van der Waals surface area contributed by atoms with Crippen LogP contribution in [0, 0.1) is 11.6 Å². The van der Waals surface area contributed by atoms with Crippen molar-refractivity contribution in [3.63, 3.8) is 0 Å². The highest BCUT2D eigenvalue weighted by Gasteiger charge is 2.22. The third kappa shape index (κ3) is 6.74. The molecule has 0 saturated carbocycles. The number of sulfonamides is 1. The van der Waals surface area contributed by atoms with Crippen LogP contribution in [0.15, 0.2) is 58.4 Å². The molecule has 0 unspecified atom stereocenters. The van der Waals surface area contributed by atoms with Crippen molar-refractivity contribution < 1.29 is 17.2 Å².